The molecule has 0 fully saturated rings. The van der Waals surface area contributed by atoms with Crippen LogP contribution in [0.4, 0.5) is 0 Å². The summed E-state index contributed by atoms with van der Waals surface area (Å²) in [5.74, 6) is 0.673. The van der Waals surface area contributed by atoms with Crippen LogP contribution in [0.15, 0.2) is 46.9 Å². The van der Waals surface area contributed by atoms with E-state index in [0.29, 0.717) is 17.9 Å². The van der Waals surface area contributed by atoms with E-state index in [-0.39, 0.29) is 11.9 Å². The van der Waals surface area contributed by atoms with Crippen LogP contribution in [0.2, 0.25) is 0 Å². The van der Waals surface area contributed by atoms with Crippen LogP contribution in [0.1, 0.15) is 17.0 Å². The maximum Gasteiger partial charge on any atom is 0.313 e. The molecule has 0 saturated carbocycles. The Labute approximate surface area is 144 Å². The average molecular weight is 379 g/mol. The van der Waals surface area contributed by atoms with Gasteiger partial charge in [-0.3, -0.25) is 4.79 Å². The van der Waals surface area contributed by atoms with Gasteiger partial charge in [-0.15, -0.1) is 0 Å². The summed E-state index contributed by atoms with van der Waals surface area (Å²) in [7, 11) is 4.59. The van der Waals surface area contributed by atoms with E-state index in [1.165, 1.54) is 7.11 Å². The number of hydrogen-bond donors (Lipinski definition) is 0. The van der Waals surface area contributed by atoms with Gasteiger partial charge in [-0.25, -0.2) is 0 Å². The summed E-state index contributed by atoms with van der Waals surface area (Å²) in [5, 5.41) is 0. The molecule has 0 spiro atoms. The number of benzene rings is 2. The molecular weight excluding hydrogens is 360 g/mol. The smallest absolute Gasteiger partial charge is 0.313 e. The highest BCUT2D eigenvalue weighted by molar-refractivity contribution is 9.10. The summed E-state index contributed by atoms with van der Waals surface area (Å²) in [6.07, 6.45) is 0.522. The molecule has 0 aliphatic heterocycles. The molecule has 0 aromatic heterocycles. The van der Waals surface area contributed by atoms with Gasteiger partial charge in [-0.2, -0.15) is 0 Å². The molecule has 5 heteroatoms. The first-order valence-corrected chi connectivity index (χ1v) is 7.92. The molecule has 0 radical (unpaired) electrons. The molecule has 1 atom stereocenters. The van der Waals surface area contributed by atoms with Crippen molar-refractivity contribution in [3.8, 4) is 11.5 Å². The normalized spacial score (nSPS) is 11.7. The van der Waals surface area contributed by atoms with Crippen molar-refractivity contribution in [3.05, 3.63) is 58.1 Å². The molecular formula is C18H19BrO4. The Hall–Kier alpha value is -2.01. The first-order chi connectivity index (χ1) is 11.1. The van der Waals surface area contributed by atoms with Gasteiger partial charge in [0.2, 0.25) is 0 Å². The Balaban J connectivity index is 2.31. The number of carbonyl (C=O) groups excluding carboxylic acids is 1. The van der Waals surface area contributed by atoms with E-state index in [2.05, 4.69) is 15.9 Å². The van der Waals surface area contributed by atoms with E-state index in [0.717, 1.165) is 15.6 Å². The molecule has 0 N–H and O–H groups in total. The third kappa shape index (κ3) is 4.26. The predicted molar refractivity (Wildman–Crippen MR) is 92.1 cm³/mol. The number of ether oxygens (including phenoxy) is 3. The average Bonchev–Trinajstić information content (AvgIpc) is 2.59. The van der Waals surface area contributed by atoms with Crippen molar-refractivity contribution in [3.63, 3.8) is 0 Å². The zero-order valence-corrected chi connectivity index (χ0v) is 14.9. The first kappa shape index (κ1) is 17.3. The molecule has 4 nitrogen and oxygen atoms in total. The number of halogens is 1. The van der Waals surface area contributed by atoms with Gasteiger partial charge in [0.15, 0.2) is 11.5 Å². The van der Waals surface area contributed by atoms with E-state index in [9.17, 15) is 4.79 Å². The maximum atomic E-state index is 12.2. The van der Waals surface area contributed by atoms with Crippen molar-refractivity contribution in [2.75, 3.05) is 21.3 Å². The fourth-order valence-electron chi connectivity index (χ4n) is 2.42. The second-order valence-electron chi connectivity index (χ2n) is 5.02. The van der Waals surface area contributed by atoms with Crippen LogP contribution in [-0.2, 0) is 16.0 Å². The molecule has 122 valence electrons. The summed E-state index contributed by atoms with van der Waals surface area (Å²) in [4.78, 5) is 12.2. The van der Waals surface area contributed by atoms with E-state index in [1.807, 2.05) is 42.5 Å². The molecule has 0 unspecified atom stereocenters. The highest BCUT2D eigenvalue weighted by Crippen LogP contribution is 2.31. The Bertz CT molecular complexity index is 667. The minimum absolute atomic E-state index is 0.262. The zero-order valence-electron chi connectivity index (χ0n) is 13.3. The summed E-state index contributed by atoms with van der Waals surface area (Å²) < 4.78 is 16.5. The fourth-order valence-corrected chi connectivity index (χ4v) is 2.68. The number of hydrogen-bond acceptors (Lipinski definition) is 4. The SMILES string of the molecule is COC(=O)[C@@H](Cc1ccc(OC)c(OC)c1)c1ccc(Br)cc1. The zero-order chi connectivity index (χ0) is 16.8. The summed E-state index contributed by atoms with van der Waals surface area (Å²) in [5.41, 5.74) is 1.89. The van der Waals surface area contributed by atoms with Crippen molar-refractivity contribution >= 4 is 21.9 Å². The molecule has 23 heavy (non-hydrogen) atoms. The quantitative estimate of drug-likeness (QED) is 0.713. The van der Waals surface area contributed by atoms with Crippen molar-refractivity contribution in [2.45, 2.75) is 12.3 Å². The first-order valence-electron chi connectivity index (χ1n) is 7.13. The number of esters is 1. The van der Waals surface area contributed by atoms with Crippen molar-refractivity contribution in [1.29, 1.82) is 0 Å². The molecule has 0 aliphatic rings. The standard InChI is InChI=1S/C18H19BrO4/c1-21-16-9-4-12(11-17(16)22-2)10-15(18(20)23-3)13-5-7-14(19)8-6-13/h4-9,11,15H,10H2,1-3H3/t15-/m0/s1. The van der Waals surface area contributed by atoms with Crippen LogP contribution < -0.4 is 9.47 Å². The summed E-state index contributed by atoms with van der Waals surface area (Å²) in [6.45, 7) is 0. The van der Waals surface area contributed by atoms with E-state index in [4.69, 9.17) is 14.2 Å². The van der Waals surface area contributed by atoms with Crippen LogP contribution >= 0.6 is 15.9 Å². The van der Waals surface area contributed by atoms with Crippen molar-refractivity contribution < 1.29 is 19.0 Å². The molecule has 2 aromatic rings. The van der Waals surface area contributed by atoms with E-state index >= 15 is 0 Å². The second kappa shape index (κ2) is 8.02. The van der Waals surface area contributed by atoms with Gasteiger partial charge in [0.25, 0.3) is 0 Å². The van der Waals surface area contributed by atoms with Gasteiger partial charge in [-0.1, -0.05) is 34.1 Å². The predicted octanol–water partition coefficient (Wildman–Crippen LogP) is 3.97. The third-order valence-electron chi connectivity index (χ3n) is 3.65. The van der Waals surface area contributed by atoms with E-state index < -0.39 is 0 Å². The largest absolute Gasteiger partial charge is 0.493 e. The van der Waals surface area contributed by atoms with Crippen LogP contribution in [0.5, 0.6) is 11.5 Å². The van der Waals surface area contributed by atoms with Crippen molar-refractivity contribution in [2.24, 2.45) is 0 Å². The third-order valence-corrected chi connectivity index (χ3v) is 4.17. The molecule has 2 rings (SSSR count). The highest BCUT2D eigenvalue weighted by atomic mass is 79.9. The van der Waals surface area contributed by atoms with Crippen LogP contribution in [0.25, 0.3) is 0 Å². The minimum atomic E-state index is -0.369. The van der Waals surface area contributed by atoms with Gasteiger partial charge in [-0.05, 0) is 41.8 Å². The van der Waals surface area contributed by atoms with Crippen LogP contribution in [0, 0.1) is 0 Å². The summed E-state index contributed by atoms with van der Waals surface area (Å²) >= 11 is 3.40. The molecule has 0 amide bonds. The lowest BCUT2D eigenvalue weighted by Crippen LogP contribution is -2.17. The highest BCUT2D eigenvalue weighted by Gasteiger charge is 2.22. The van der Waals surface area contributed by atoms with Gasteiger partial charge in [0, 0.05) is 4.47 Å². The molecule has 0 aliphatic carbocycles. The Kier molecular flexibility index (Phi) is 6.04. The lowest BCUT2D eigenvalue weighted by atomic mass is 9.92. The monoisotopic (exact) mass is 378 g/mol. The molecule has 0 bridgehead atoms. The molecule has 2 aromatic carbocycles. The number of methoxy groups -OCH3 is 3. The summed E-state index contributed by atoms with van der Waals surface area (Å²) in [6, 6.07) is 13.3. The fraction of sp³-hybridized carbons (Fsp3) is 0.278. The van der Waals surface area contributed by atoms with Gasteiger partial charge in [0.1, 0.15) is 0 Å². The lowest BCUT2D eigenvalue weighted by molar-refractivity contribution is -0.142. The molecule has 0 saturated heterocycles. The number of rotatable bonds is 6. The van der Waals surface area contributed by atoms with Gasteiger partial charge >= 0.3 is 5.97 Å². The van der Waals surface area contributed by atoms with Crippen molar-refractivity contribution in [1.82, 2.24) is 0 Å². The minimum Gasteiger partial charge on any atom is -0.493 e. The van der Waals surface area contributed by atoms with Gasteiger partial charge < -0.3 is 14.2 Å². The Morgan fingerprint density at radius 2 is 1.65 bits per heavy atom. The van der Waals surface area contributed by atoms with Crippen LogP contribution in [0.3, 0.4) is 0 Å². The number of carbonyl (C=O) groups is 1. The topological polar surface area (TPSA) is 44.8 Å². The lowest BCUT2D eigenvalue weighted by Gasteiger charge is -2.16. The second-order valence-corrected chi connectivity index (χ2v) is 5.94. The Morgan fingerprint density at radius 1 is 1.00 bits per heavy atom. The Morgan fingerprint density at radius 3 is 2.22 bits per heavy atom. The van der Waals surface area contributed by atoms with E-state index in [1.54, 1.807) is 14.2 Å². The maximum absolute atomic E-state index is 12.2. The van der Waals surface area contributed by atoms with Gasteiger partial charge in [0.05, 0.1) is 27.2 Å². The van der Waals surface area contributed by atoms with Crippen LogP contribution in [-0.4, -0.2) is 27.3 Å². The molecule has 0 heterocycles.